The highest BCUT2D eigenvalue weighted by molar-refractivity contribution is 5.81. The van der Waals surface area contributed by atoms with Gasteiger partial charge in [-0.15, -0.1) is 0 Å². The largest absolute Gasteiger partial charge is 0.461 e. The fourth-order valence-corrected chi connectivity index (χ4v) is 3.90. The molecular formula is C22H29FN6O3. The molecule has 3 N–H and O–H groups in total. The van der Waals surface area contributed by atoms with Gasteiger partial charge in [0.1, 0.15) is 17.8 Å². The maximum atomic E-state index is 14.1. The van der Waals surface area contributed by atoms with E-state index in [1.54, 1.807) is 14.0 Å². The van der Waals surface area contributed by atoms with Crippen molar-refractivity contribution in [3.05, 3.63) is 45.9 Å². The summed E-state index contributed by atoms with van der Waals surface area (Å²) in [7, 11) is 1.57. The number of halogens is 1. The Morgan fingerprint density at radius 2 is 1.91 bits per heavy atom. The van der Waals surface area contributed by atoms with Crippen molar-refractivity contribution in [1.82, 2.24) is 24.4 Å². The fourth-order valence-electron chi connectivity index (χ4n) is 3.90. The van der Waals surface area contributed by atoms with Crippen molar-refractivity contribution >= 4 is 17.0 Å². The van der Waals surface area contributed by atoms with Gasteiger partial charge in [0, 0.05) is 26.7 Å². The molecule has 3 aromatic rings. The van der Waals surface area contributed by atoms with Gasteiger partial charge in [-0.1, -0.05) is 24.3 Å². The summed E-state index contributed by atoms with van der Waals surface area (Å²) in [5.41, 5.74) is 7.47. The third-order valence-electron chi connectivity index (χ3n) is 5.79. The first-order valence-corrected chi connectivity index (χ1v) is 10.7. The molecule has 0 unspecified atom stereocenters. The van der Waals surface area contributed by atoms with Crippen molar-refractivity contribution in [3.63, 3.8) is 0 Å². The summed E-state index contributed by atoms with van der Waals surface area (Å²) >= 11 is 0. The highest BCUT2D eigenvalue weighted by atomic mass is 19.1. The predicted octanol–water partition coefficient (Wildman–Crippen LogP) is 2.10. The number of anilines is 1. The molecule has 1 fully saturated rings. The van der Waals surface area contributed by atoms with E-state index >= 15 is 0 Å². The Morgan fingerprint density at radius 3 is 2.62 bits per heavy atom. The number of nitrogens with one attached hydrogen (secondary N) is 1. The summed E-state index contributed by atoms with van der Waals surface area (Å²) in [6.07, 6.45) is 1.10. The van der Waals surface area contributed by atoms with Crippen LogP contribution in [0, 0.1) is 0 Å². The zero-order chi connectivity index (χ0) is 22.7. The van der Waals surface area contributed by atoms with Gasteiger partial charge in [0.15, 0.2) is 11.5 Å². The minimum atomic E-state index is -1.06. The van der Waals surface area contributed by atoms with Crippen LogP contribution in [0.4, 0.5) is 10.2 Å². The third-order valence-corrected chi connectivity index (χ3v) is 5.79. The molecule has 1 saturated heterocycles. The molecule has 1 aromatic carbocycles. The number of nitrogens with zero attached hydrogens (tertiary/aromatic N) is 4. The Labute approximate surface area is 185 Å². The van der Waals surface area contributed by atoms with Crippen LogP contribution in [-0.4, -0.2) is 63.5 Å². The van der Waals surface area contributed by atoms with Crippen molar-refractivity contribution in [2.45, 2.75) is 38.5 Å². The number of aromatic nitrogens is 4. The first kappa shape index (κ1) is 22.2. The Morgan fingerprint density at radius 1 is 1.19 bits per heavy atom. The zero-order valence-electron chi connectivity index (χ0n) is 18.4. The Balaban J connectivity index is 1.53. The molecule has 172 valence electrons. The molecule has 0 aliphatic carbocycles. The molecule has 1 aliphatic heterocycles. The van der Waals surface area contributed by atoms with Gasteiger partial charge in [-0.25, -0.2) is 9.18 Å². The molecule has 0 atom stereocenters. The molecule has 2 aromatic heterocycles. The number of nitrogens with two attached hydrogens (primary N) is 1. The maximum absolute atomic E-state index is 14.1. The summed E-state index contributed by atoms with van der Waals surface area (Å²) in [6, 6.07) is 8.14. The van der Waals surface area contributed by atoms with Gasteiger partial charge in [-0.05, 0) is 30.9 Å². The molecule has 32 heavy (non-hydrogen) atoms. The Hall–Kier alpha value is -2.98. The van der Waals surface area contributed by atoms with Crippen molar-refractivity contribution in [1.29, 1.82) is 0 Å². The van der Waals surface area contributed by atoms with Gasteiger partial charge >= 0.3 is 11.7 Å². The Bertz CT molecular complexity index is 1130. The normalized spacial score (nSPS) is 16.5. The molecule has 0 saturated carbocycles. The van der Waals surface area contributed by atoms with E-state index < -0.39 is 5.67 Å². The second-order valence-electron chi connectivity index (χ2n) is 8.46. The van der Waals surface area contributed by atoms with Gasteiger partial charge in [-0.2, -0.15) is 9.97 Å². The SMILES string of the molecule is COCCOc1nc(N)c2[nH]c(=O)n(Cc3cccc(CN4CCC(C)(F)CC4)c3)c2n1. The first-order chi connectivity index (χ1) is 15.3. The van der Waals surface area contributed by atoms with E-state index in [2.05, 4.69) is 25.9 Å². The van der Waals surface area contributed by atoms with Crippen LogP contribution < -0.4 is 16.2 Å². The number of likely N-dealkylation sites (tertiary alicyclic amines) is 1. The quantitative estimate of drug-likeness (QED) is 0.512. The number of hydrogen-bond donors (Lipinski definition) is 2. The van der Waals surface area contributed by atoms with Crippen molar-refractivity contribution in [2.24, 2.45) is 0 Å². The topological polar surface area (TPSA) is 111 Å². The van der Waals surface area contributed by atoms with E-state index in [1.807, 2.05) is 18.2 Å². The molecule has 0 spiro atoms. The van der Waals surface area contributed by atoms with Gasteiger partial charge < -0.3 is 20.2 Å². The minimum Gasteiger partial charge on any atom is -0.461 e. The van der Waals surface area contributed by atoms with E-state index in [0.717, 1.165) is 30.8 Å². The van der Waals surface area contributed by atoms with E-state index in [0.29, 0.717) is 37.2 Å². The lowest BCUT2D eigenvalue weighted by Gasteiger charge is -2.34. The number of imidazole rings is 1. The van der Waals surface area contributed by atoms with Crippen LogP contribution in [0.5, 0.6) is 6.01 Å². The third kappa shape index (κ3) is 5.08. The summed E-state index contributed by atoms with van der Waals surface area (Å²) in [5, 5.41) is 0. The molecule has 1 aliphatic rings. The number of rotatable bonds is 8. The number of piperidine rings is 1. The number of aromatic amines is 1. The van der Waals surface area contributed by atoms with Crippen LogP contribution in [0.3, 0.4) is 0 Å². The van der Waals surface area contributed by atoms with Gasteiger partial charge in [0.05, 0.1) is 13.2 Å². The number of hydrogen-bond acceptors (Lipinski definition) is 7. The number of fused-ring (bicyclic) bond motifs is 1. The molecule has 0 amide bonds. The van der Waals surface area contributed by atoms with Crippen molar-refractivity contribution in [3.8, 4) is 6.01 Å². The lowest BCUT2D eigenvalue weighted by molar-refractivity contribution is 0.0704. The molecule has 3 heterocycles. The number of H-pyrrole nitrogens is 1. The zero-order valence-corrected chi connectivity index (χ0v) is 18.4. The summed E-state index contributed by atoms with van der Waals surface area (Å²) in [5.74, 6) is 0.150. The fraction of sp³-hybridized carbons (Fsp3) is 0.500. The Kier molecular flexibility index (Phi) is 6.43. The number of alkyl halides is 1. The monoisotopic (exact) mass is 444 g/mol. The summed E-state index contributed by atoms with van der Waals surface area (Å²) < 4.78 is 26.0. The summed E-state index contributed by atoms with van der Waals surface area (Å²) in [6.45, 7) is 4.88. The van der Waals surface area contributed by atoms with Crippen molar-refractivity contribution < 1.29 is 13.9 Å². The number of ether oxygens (including phenoxy) is 2. The second kappa shape index (κ2) is 9.25. The van der Waals surface area contributed by atoms with Crippen LogP contribution in [0.2, 0.25) is 0 Å². The smallest absolute Gasteiger partial charge is 0.328 e. The van der Waals surface area contributed by atoms with Crippen molar-refractivity contribution in [2.75, 3.05) is 39.1 Å². The average molecular weight is 445 g/mol. The highest BCUT2D eigenvalue weighted by Gasteiger charge is 2.29. The highest BCUT2D eigenvalue weighted by Crippen LogP contribution is 2.26. The number of methoxy groups -OCH3 is 1. The second-order valence-corrected chi connectivity index (χ2v) is 8.46. The van der Waals surface area contributed by atoms with Crippen LogP contribution in [-0.2, 0) is 17.8 Å². The van der Waals surface area contributed by atoms with Crippen LogP contribution >= 0.6 is 0 Å². The van der Waals surface area contributed by atoms with Gasteiger partial charge in [-0.3, -0.25) is 9.47 Å². The van der Waals surface area contributed by atoms with Gasteiger partial charge in [0.25, 0.3) is 0 Å². The predicted molar refractivity (Wildman–Crippen MR) is 120 cm³/mol. The average Bonchev–Trinajstić information content (AvgIpc) is 3.06. The van der Waals surface area contributed by atoms with E-state index in [-0.39, 0.29) is 24.1 Å². The molecule has 0 radical (unpaired) electrons. The standard InChI is InChI=1S/C22H29FN6O3/c1-22(23)6-8-28(9-7-22)13-15-4-3-5-16(12-15)14-29-19-17(25-21(29)30)18(24)26-20(27-19)32-11-10-31-2/h3-5,12H,6-11,13-14H2,1-2H3,(H,25,30)(H2,24,26,27). The molecule has 0 bridgehead atoms. The van der Waals surface area contributed by atoms with E-state index in [9.17, 15) is 9.18 Å². The molecule has 10 heteroatoms. The first-order valence-electron chi connectivity index (χ1n) is 10.7. The lowest BCUT2D eigenvalue weighted by Crippen LogP contribution is -2.39. The molecule has 9 nitrogen and oxygen atoms in total. The summed E-state index contributed by atoms with van der Waals surface area (Å²) in [4.78, 5) is 26.1. The van der Waals surface area contributed by atoms with Crippen LogP contribution in [0.15, 0.2) is 29.1 Å². The number of benzene rings is 1. The molecule has 4 rings (SSSR count). The number of nitrogen functional groups attached to an aromatic ring is 1. The maximum Gasteiger partial charge on any atom is 0.328 e. The van der Waals surface area contributed by atoms with E-state index in [4.69, 9.17) is 15.2 Å². The van der Waals surface area contributed by atoms with Gasteiger partial charge in [0.2, 0.25) is 0 Å². The lowest BCUT2D eigenvalue weighted by atomic mass is 9.95. The van der Waals surface area contributed by atoms with E-state index in [1.165, 1.54) is 4.57 Å². The molecular weight excluding hydrogens is 415 g/mol. The van der Waals surface area contributed by atoms with Crippen LogP contribution in [0.25, 0.3) is 11.2 Å². The van der Waals surface area contributed by atoms with Crippen LogP contribution in [0.1, 0.15) is 30.9 Å². The minimum absolute atomic E-state index is 0.0958.